The molecule has 0 amide bonds. The van der Waals surface area contributed by atoms with Gasteiger partial charge in [-0.3, -0.25) is 0 Å². The molecule has 0 aromatic heterocycles. The van der Waals surface area contributed by atoms with Gasteiger partial charge in [0.25, 0.3) is 0 Å². The minimum Gasteiger partial charge on any atom is -0.398 e. The van der Waals surface area contributed by atoms with Crippen molar-refractivity contribution in [3.8, 4) is 0 Å². The maximum Gasteiger partial charge on any atom is 0.131 e. The number of nitrogens with zero attached hydrogens (tertiary/aromatic N) is 3. The van der Waals surface area contributed by atoms with Crippen LogP contribution in [-0.2, 0) is 0 Å². The third-order valence-corrected chi connectivity index (χ3v) is 2.40. The van der Waals surface area contributed by atoms with Crippen molar-refractivity contribution >= 4 is 5.69 Å². The summed E-state index contributed by atoms with van der Waals surface area (Å²) in [5.74, 6) is -0.708. The summed E-state index contributed by atoms with van der Waals surface area (Å²) in [4.78, 5) is 2.45. The van der Waals surface area contributed by atoms with Gasteiger partial charge in [-0.25, -0.2) is 4.39 Å². The third kappa shape index (κ3) is 3.07. The molecule has 7 heteroatoms. The molecule has 0 saturated carbocycles. The van der Waals surface area contributed by atoms with E-state index in [2.05, 4.69) is 10.0 Å². The van der Waals surface area contributed by atoms with Crippen LogP contribution in [0.25, 0.3) is 10.4 Å². The first-order valence-corrected chi connectivity index (χ1v) is 4.90. The van der Waals surface area contributed by atoms with E-state index in [-0.39, 0.29) is 17.8 Å². The highest BCUT2D eigenvalue weighted by Crippen LogP contribution is 2.25. The van der Waals surface area contributed by atoms with E-state index < -0.39 is 18.0 Å². The van der Waals surface area contributed by atoms with Gasteiger partial charge in [-0.15, -0.1) is 0 Å². The summed E-state index contributed by atoms with van der Waals surface area (Å²) in [6, 6.07) is 2.43. The topological polar surface area (TPSA) is 115 Å². The first kappa shape index (κ1) is 13.2. The molecule has 0 aliphatic heterocycles. The lowest BCUT2D eigenvalue weighted by molar-refractivity contribution is 0.0222. The Morgan fingerprint density at radius 2 is 2.18 bits per heavy atom. The summed E-state index contributed by atoms with van der Waals surface area (Å²) in [5, 5.41) is 22.3. The van der Waals surface area contributed by atoms with Gasteiger partial charge in [0.2, 0.25) is 0 Å². The number of aryl methyl sites for hydroxylation is 1. The number of aliphatic hydroxyl groups excluding tert-OH is 2. The van der Waals surface area contributed by atoms with Crippen molar-refractivity contribution < 1.29 is 14.6 Å². The molecule has 92 valence electrons. The van der Waals surface area contributed by atoms with Gasteiger partial charge in [-0.2, -0.15) is 0 Å². The summed E-state index contributed by atoms with van der Waals surface area (Å²) < 4.78 is 13.5. The summed E-state index contributed by atoms with van der Waals surface area (Å²) >= 11 is 0. The summed E-state index contributed by atoms with van der Waals surface area (Å²) in [5.41, 5.74) is 14.4. The molecule has 0 bridgehead atoms. The quantitative estimate of drug-likeness (QED) is 0.320. The summed E-state index contributed by atoms with van der Waals surface area (Å²) in [6.07, 6.45) is -2.82. The van der Waals surface area contributed by atoms with Crippen LogP contribution in [0.3, 0.4) is 0 Å². The Hall–Kier alpha value is -1.82. The average Bonchev–Trinajstić information content (AvgIpc) is 2.29. The van der Waals surface area contributed by atoms with Gasteiger partial charge in [-0.1, -0.05) is 5.11 Å². The predicted molar refractivity (Wildman–Crippen MR) is 60.5 cm³/mol. The molecule has 0 aliphatic carbocycles. The Labute approximate surface area is 97.1 Å². The Morgan fingerprint density at radius 1 is 1.53 bits per heavy atom. The molecule has 2 unspecified atom stereocenters. The van der Waals surface area contributed by atoms with E-state index in [1.54, 1.807) is 6.92 Å². The number of halogens is 1. The van der Waals surface area contributed by atoms with Crippen LogP contribution in [0.2, 0.25) is 0 Å². The summed E-state index contributed by atoms with van der Waals surface area (Å²) in [6.45, 7) is 1.32. The minimum absolute atomic E-state index is 0.0719. The van der Waals surface area contributed by atoms with E-state index in [4.69, 9.17) is 11.3 Å². The van der Waals surface area contributed by atoms with E-state index in [0.29, 0.717) is 5.56 Å². The van der Waals surface area contributed by atoms with Crippen LogP contribution in [0.5, 0.6) is 0 Å². The van der Waals surface area contributed by atoms with Crippen LogP contribution in [0.1, 0.15) is 17.2 Å². The molecule has 1 aromatic carbocycles. The molecule has 0 spiro atoms. The zero-order valence-corrected chi connectivity index (χ0v) is 9.21. The zero-order valence-electron chi connectivity index (χ0n) is 9.21. The van der Waals surface area contributed by atoms with Gasteiger partial charge in [0.1, 0.15) is 11.9 Å². The standard InChI is InChI=1S/C10H13FN4O2/c1-5-2-6(7(11)3-8(5)12)10(17)9(16)4-14-15-13/h2-3,9-10,16-17H,4,12H2,1H3. The average molecular weight is 240 g/mol. The number of hydrogen-bond acceptors (Lipinski definition) is 4. The fraction of sp³-hybridized carbons (Fsp3) is 0.400. The molecule has 0 saturated heterocycles. The van der Waals surface area contributed by atoms with Crippen LogP contribution >= 0.6 is 0 Å². The SMILES string of the molecule is Cc1cc(C(O)C(O)CN=[N+]=[N-])c(F)cc1N. The maximum atomic E-state index is 13.5. The number of azide groups is 1. The fourth-order valence-electron chi connectivity index (χ4n) is 1.37. The smallest absolute Gasteiger partial charge is 0.131 e. The van der Waals surface area contributed by atoms with Crippen molar-refractivity contribution in [1.29, 1.82) is 0 Å². The molecular formula is C10H13FN4O2. The van der Waals surface area contributed by atoms with Gasteiger partial charge in [0.15, 0.2) is 0 Å². The second kappa shape index (κ2) is 5.49. The molecule has 0 fully saturated rings. The Bertz CT molecular complexity index is 460. The van der Waals surface area contributed by atoms with Gasteiger partial charge < -0.3 is 15.9 Å². The Kier molecular flexibility index (Phi) is 4.28. The van der Waals surface area contributed by atoms with E-state index in [1.807, 2.05) is 0 Å². The molecule has 2 atom stereocenters. The summed E-state index contributed by atoms with van der Waals surface area (Å²) in [7, 11) is 0. The number of aliphatic hydroxyl groups is 2. The van der Waals surface area contributed by atoms with Gasteiger partial charge in [0, 0.05) is 16.2 Å². The normalized spacial score (nSPS) is 13.9. The fourth-order valence-corrected chi connectivity index (χ4v) is 1.37. The first-order chi connectivity index (χ1) is 7.97. The lowest BCUT2D eigenvalue weighted by Gasteiger charge is -2.18. The largest absolute Gasteiger partial charge is 0.398 e. The third-order valence-electron chi connectivity index (χ3n) is 2.40. The molecule has 1 rings (SSSR count). The van der Waals surface area contributed by atoms with E-state index in [0.717, 1.165) is 6.07 Å². The van der Waals surface area contributed by atoms with Crippen molar-refractivity contribution in [2.45, 2.75) is 19.1 Å². The zero-order chi connectivity index (χ0) is 13.0. The van der Waals surface area contributed by atoms with Crippen molar-refractivity contribution in [1.82, 2.24) is 0 Å². The van der Waals surface area contributed by atoms with E-state index >= 15 is 0 Å². The maximum absolute atomic E-state index is 13.5. The monoisotopic (exact) mass is 240 g/mol. The second-order valence-electron chi connectivity index (χ2n) is 3.66. The van der Waals surface area contributed by atoms with Crippen LogP contribution in [0.4, 0.5) is 10.1 Å². The van der Waals surface area contributed by atoms with E-state index in [9.17, 15) is 14.6 Å². The molecule has 6 nitrogen and oxygen atoms in total. The lowest BCUT2D eigenvalue weighted by atomic mass is 10.0. The molecular weight excluding hydrogens is 227 g/mol. The number of hydrogen-bond donors (Lipinski definition) is 3. The van der Waals surface area contributed by atoms with Gasteiger partial charge in [-0.05, 0) is 30.2 Å². The van der Waals surface area contributed by atoms with E-state index in [1.165, 1.54) is 6.07 Å². The first-order valence-electron chi connectivity index (χ1n) is 4.90. The van der Waals surface area contributed by atoms with Crippen molar-refractivity contribution in [2.24, 2.45) is 5.11 Å². The molecule has 0 aliphatic rings. The molecule has 0 radical (unpaired) electrons. The molecule has 4 N–H and O–H groups in total. The van der Waals surface area contributed by atoms with Crippen molar-refractivity contribution in [3.05, 3.63) is 39.5 Å². The number of rotatable bonds is 4. The highest BCUT2D eigenvalue weighted by atomic mass is 19.1. The predicted octanol–water partition coefficient (Wildman–Crippen LogP) is 1.42. The van der Waals surface area contributed by atoms with Crippen LogP contribution < -0.4 is 5.73 Å². The van der Waals surface area contributed by atoms with Crippen molar-refractivity contribution in [3.63, 3.8) is 0 Å². The highest BCUT2D eigenvalue weighted by Gasteiger charge is 2.21. The molecule has 1 aromatic rings. The number of anilines is 1. The lowest BCUT2D eigenvalue weighted by Crippen LogP contribution is -2.22. The van der Waals surface area contributed by atoms with Crippen LogP contribution in [-0.4, -0.2) is 22.9 Å². The number of nitrogen functional groups attached to an aromatic ring is 1. The van der Waals surface area contributed by atoms with Gasteiger partial charge in [0.05, 0.1) is 12.6 Å². The van der Waals surface area contributed by atoms with Gasteiger partial charge >= 0.3 is 0 Å². The van der Waals surface area contributed by atoms with Crippen molar-refractivity contribution in [2.75, 3.05) is 12.3 Å². The number of benzene rings is 1. The van der Waals surface area contributed by atoms with Crippen LogP contribution in [0, 0.1) is 12.7 Å². The number of nitrogens with two attached hydrogens (primary N) is 1. The Balaban J connectivity index is 2.99. The van der Waals surface area contributed by atoms with Crippen LogP contribution in [0.15, 0.2) is 17.2 Å². The second-order valence-corrected chi connectivity index (χ2v) is 3.66. The minimum atomic E-state index is -1.46. The Morgan fingerprint density at radius 3 is 2.76 bits per heavy atom. The highest BCUT2D eigenvalue weighted by molar-refractivity contribution is 5.49. The molecule has 17 heavy (non-hydrogen) atoms. The molecule has 0 heterocycles.